The van der Waals surface area contributed by atoms with Crippen molar-refractivity contribution in [2.75, 3.05) is 13.2 Å². The van der Waals surface area contributed by atoms with Gasteiger partial charge in [-0.05, 0) is 25.0 Å². The van der Waals surface area contributed by atoms with E-state index >= 15 is 0 Å². The van der Waals surface area contributed by atoms with Crippen LogP contribution in [0.4, 0.5) is 0 Å². The normalized spacial score (nSPS) is 12.0. The lowest BCUT2D eigenvalue weighted by atomic mass is 9.98. The van der Waals surface area contributed by atoms with Gasteiger partial charge in [0.25, 0.3) is 0 Å². The van der Waals surface area contributed by atoms with Crippen LogP contribution < -0.4 is 5.32 Å². The van der Waals surface area contributed by atoms with Gasteiger partial charge in [0.2, 0.25) is 0 Å². The topological polar surface area (TPSA) is 65.6 Å². The van der Waals surface area contributed by atoms with E-state index in [9.17, 15) is 10.2 Å². The molecule has 0 amide bonds. The molecule has 4 nitrogen and oxygen atoms in total. The van der Waals surface area contributed by atoms with Crippen LogP contribution in [0.2, 0.25) is 0 Å². The van der Waals surface area contributed by atoms with Crippen LogP contribution in [0.5, 0.6) is 0 Å². The smallest absolute Gasteiger partial charge is 0.120 e. The summed E-state index contributed by atoms with van der Waals surface area (Å²) in [6.45, 7) is 4.24. The summed E-state index contributed by atoms with van der Waals surface area (Å²) in [6.07, 6.45) is 2.30. The van der Waals surface area contributed by atoms with Crippen LogP contribution in [0, 0.1) is 6.92 Å². The maximum atomic E-state index is 9.22. The molecule has 86 valence electrons. The van der Waals surface area contributed by atoms with E-state index in [0.29, 0.717) is 13.0 Å². The molecule has 0 bridgehead atoms. The van der Waals surface area contributed by atoms with Gasteiger partial charge < -0.3 is 19.9 Å². The number of aryl methyl sites for hydroxylation is 1. The molecule has 0 aliphatic rings. The van der Waals surface area contributed by atoms with Crippen molar-refractivity contribution in [3.63, 3.8) is 0 Å². The lowest BCUT2D eigenvalue weighted by Gasteiger charge is -2.29. The third-order valence-corrected chi connectivity index (χ3v) is 2.87. The summed E-state index contributed by atoms with van der Waals surface area (Å²) in [5.74, 6) is 0.842. The lowest BCUT2D eigenvalue weighted by molar-refractivity contribution is 0.0847. The highest BCUT2D eigenvalue weighted by Crippen LogP contribution is 2.13. The van der Waals surface area contributed by atoms with E-state index in [4.69, 9.17) is 4.42 Å². The molecule has 0 saturated heterocycles. The maximum Gasteiger partial charge on any atom is 0.120 e. The van der Waals surface area contributed by atoms with Crippen molar-refractivity contribution in [1.82, 2.24) is 5.32 Å². The Morgan fingerprint density at radius 1 is 1.40 bits per heavy atom. The first kappa shape index (κ1) is 12.2. The summed E-state index contributed by atoms with van der Waals surface area (Å²) >= 11 is 0. The third kappa shape index (κ3) is 2.81. The molecular formula is C11H19NO3. The molecule has 0 aliphatic heterocycles. The third-order valence-electron chi connectivity index (χ3n) is 2.87. The van der Waals surface area contributed by atoms with Crippen LogP contribution in [-0.2, 0) is 6.54 Å². The molecule has 1 rings (SSSR count). The molecule has 0 spiro atoms. The Hall–Kier alpha value is -0.840. The number of hydrogen-bond donors (Lipinski definition) is 3. The predicted molar refractivity (Wildman–Crippen MR) is 57.5 cm³/mol. The number of hydrogen-bond acceptors (Lipinski definition) is 4. The SMILES string of the molecule is CCC(CO)(CO)NCc1occc1C. The second-order valence-corrected chi connectivity index (χ2v) is 3.83. The fraction of sp³-hybridized carbons (Fsp3) is 0.636. The minimum atomic E-state index is -0.612. The van der Waals surface area contributed by atoms with E-state index in [1.807, 2.05) is 19.9 Å². The zero-order chi connectivity index (χ0) is 11.3. The summed E-state index contributed by atoms with van der Waals surface area (Å²) in [6, 6.07) is 1.89. The van der Waals surface area contributed by atoms with E-state index in [2.05, 4.69) is 5.32 Å². The highest BCUT2D eigenvalue weighted by molar-refractivity contribution is 5.14. The van der Waals surface area contributed by atoms with Crippen molar-refractivity contribution in [2.24, 2.45) is 0 Å². The van der Waals surface area contributed by atoms with E-state index in [0.717, 1.165) is 11.3 Å². The van der Waals surface area contributed by atoms with Crippen LogP contribution in [0.15, 0.2) is 16.7 Å². The van der Waals surface area contributed by atoms with Crippen LogP contribution in [-0.4, -0.2) is 29.0 Å². The van der Waals surface area contributed by atoms with Crippen LogP contribution in [0.1, 0.15) is 24.7 Å². The molecule has 0 aliphatic carbocycles. The molecule has 15 heavy (non-hydrogen) atoms. The number of aliphatic hydroxyl groups excluding tert-OH is 2. The number of rotatable bonds is 6. The van der Waals surface area contributed by atoms with Crippen molar-refractivity contribution in [1.29, 1.82) is 0 Å². The monoisotopic (exact) mass is 213 g/mol. The Morgan fingerprint density at radius 3 is 2.47 bits per heavy atom. The quantitative estimate of drug-likeness (QED) is 0.654. The van der Waals surface area contributed by atoms with Gasteiger partial charge in [0.1, 0.15) is 5.76 Å². The molecule has 0 fully saturated rings. The second kappa shape index (κ2) is 5.30. The number of aliphatic hydroxyl groups is 2. The number of furan rings is 1. The minimum absolute atomic E-state index is 0.0836. The van der Waals surface area contributed by atoms with E-state index < -0.39 is 5.54 Å². The molecule has 0 saturated carbocycles. The molecule has 0 atom stereocenters. The highest BCUT2D eigenvalue weighted by atomic mass is 16.3. The van der Waals surface area contributed by atoms with Gasteiger partial charge in [-0.2, -0.15) is 0 Å². The average Bonchev–Trinajstić information content (AvgIpc) is 2.67. The van der Waals surface area contributed by atoms with Crippen molar-refractivity contribution < 1.29 is 14.6 Å². The zero-order valence-corrected chi connectivity index (χ0v) is 9.29. The average molecular weight is 213 g/mol. The molecule has 1 heterocycles. The first-order valence-corrected chi connectivity index (χ1v) is 5.17. The van der Waals surface area contributed by atoms with Crippen molar-refractivity contribution in [3.8, 4) is 0 Å². The Bertz CT molecular complexity index is 284. The van der Waals surface area contributed by atoms with Gasteiger partial charge in [-0.3, -0.25) is 0 Å². The lowest BCUT2D eigenvalue weighted by Crippen LogP contribution is -2.50. The summed E-state index contributed by atoms with van der Waals surface area (Å²) < 4.78 is 5.27. The van der Waals surface area contributed by atoms with Gasteiger partial charge in [0.05, 0.1) is 31.6 Å². The van der Waals surface area contributed by atoms with Crippen molar-refractivity contribution >= 4 is 0 Å². The summed E-state index contributed by atoms with van der Waals surface area (Å²) in [4.78, 5) is 0. The first-order valence-electron chi connectivity index (χ1n) is 5.17. The first-order chi connectivity index (χ1) is 7.17. The van der Waals surface area contributed by atoms with Crippen LogP contribution >= 0.6 is 0 Å². The van der Waals surface area contributed by atoms with Crippen molar-refractivity contribution in [3.05, 3.63) is 23.7 Å². The Morgan fingerprint density at radius 2 is 2.07 bits per heavy atom. The summed E-state index contributed by atoms with van der Waals surface area (Å²) in [5.41, 5.74) is 0.461. The molecule has 4 heteroatoms. The van der Waals surface area contributed by atoms with Gasteiger partial charge in [0, 0.05) is 0 Å². The molecule has 0 unspecified atom stereocenters. The van der Waals surface area contributed by atoms with Gasteiger partial charge in [-0.1, -0.05) is 6.92 Å². The Balaban J connectivity index is 2.58. The second-order valence-electron chi connectivity index (χ2n) is 3.83. The fourth-order valence-corrected chi connectivity index (χ4v) is 1.36. The molecule has 1 aromatic heterocycles. The molecule has 0 aromatic carbocycles. The molecule has 0 radical (unpaired) electrons. The predicted octanol–water partition coefficient (Wildman–Crippen LogP) is 0.811. The molecule has 1 aromatic rings. The van der Waals surface area contributed by atoms with Crippen molar-refractivity contribution in [2.45, 2.75) is 32.4 Å². The van der Waals surface area contributed by atoms with Gasteiger partial charge in [-0.15, -0.1) is 0 Å². The maximum absolute atomic E-state index is 9.22. The molecular weight excluding hydrogens is 194 g/mol. The largest absolute Gasteiger partial charge is 0.468 e. The Labute approximate surface area is 89.9 Å². The van der Waals surface area contributed by atoms with Crippen LogP contribution in [0.3, 0.4) is 0 Å². The van der Waals surface area contributed by atoms with Gasteiger partial charge >= 0.3 is 0 Å². The zero-order valence-electron chi connectivity index (χ0n) is 9.29. The highest BCUT2D eigenvalue weighted by Gasteiger charge is 2.26. The minimum Gasteiger partial charge on any atom is -0.468 e. The Kier molecular flexibility index (Phi) is 4.32. The summed E-state index contributed by atoms with van der Waals surface area (Å²) in [5, 5.41) is 21.6. The number of nitrogens with one attached hydrogen (secondary N) is 1. The summed E-state index contributed by atoms with van der Waals surface area (Å²) in [7, 11) is 0. The fourth-order valence-electron chi connectivity index (χ4n) is 1.36. The van der Waals surface area contributed by atoms with Crippen LogP contribution in [0.25, 0.3) is 0 Å². The van der Waals surface area contributed by atoms with E-state index in [1.54, 1.807) is 6.26 Å². The van der Waals surface area contributed by atoms with Gasteiger partial charge in [-0.25, -0.2) is 0 Å². The standard InChI is InChI=1S/C11H19NO3/c1-3-11(7-13,8-14)12-6-10-9(2)4-5-15-10/h4-5,12-14H,3,6-8H2,1-2H3. The van der Waals surface area contributed by atoms with E-state index in [-0.39, 0.29) is 13.2 Å². The van der Waals surface area contributed by atoms with E-state index in [1.165, 1.54) is 0 Å². The molecule has 3 N–H and O–H groups in total. The van der Waals surface area contributed by atoms with Gasteiger partial charge in [0.15, 0.2) is 0 Å².